The molecule has 1 aliphatic carbocycles. The van der Waals surface area contributed by atoms with Crippen LogP contribution in [0, 0.1) is 11.8 Å². The van der Waals surface area contributed by atoms with E-state index in [1.165, 1.54) is 25.7 Å². The lowest BCUT2D eigenvalue weighted by molar-refractivity contribution is 0.189. The Morgan fingerprint density at radius 3 is 2.91 bits per heavy atom. The van der Waals surface area contributed by atoms with E-state index < -0.39 is 0 Å². The molecule has 64 valence electrons. The predicted molar refractivity (Wildman–Crippen MR) is 44.3 cm³/mol. The van der Waals surface area contributed by atoms with E-state index in [9.17, 15) is 0 Å². The second kappa shape index (κ2) is 3.11. The van der Waals surface area contributed by atoms with Gasteiger partial charge >= 0.3 is 0 Å². The van der Waals surface area contributed by atoms with E-state index in [0.29, 0.717) is 12.6 Å². The van der Waals surface area contributed by atoms with Crippen molar-refractivity contribution < 1.29 is 5.11 Å². The van der Waals surface area contributed by atoms with E-state index in [2.05, 4.69) is 5.32 Å². The topological polar surface area (TPSA) is 32.3 Å². The van der Waals surface area contributed by atoms with E-state index in [0.717, 1.165) is 18.4 Å². The Balaban J connectivity index is 1.98. The second-order valence-electron chi connectivity index (χ2n) is 3.91. The summed E-state index contributed by atoms with van der Waals surface area (Å²) >= 11 is 0. The van der Waals surface area contributed by atoms with E-state index in [4.69, 9.17) is 5.11 Å². The lowest BCUT2D eigenvalue weighted by Crippen LogP contribution is -2.31. The van der Waals surface area contributed by atoms with Crippen LogP contribution in [0.3, 0.4) is 0 Å². The second-order valence-corrected chi connectivity index (χ2v) is 3.91. The van der Waals surface area contributed by atoms with Crippen LogP contribution >= 0.6 is 0 Å². The zero-order valence-electron chi connectivity index (χ0n) is 6.92. The monoisotopic (exact) mass is 155 g/mol. The molecule has 0 aromatic heterocycles. The minimum Gasteiger partial charge on any atom is -0.395 e. The summed E-state index contributed by atoms with van der Waals surface area (Å²) in [5.74, 6) is 1.66. The molecule has 3 atom stereocenters. The third-order valence-corrected chi connectivity index (χ3v) is 3.32. The first-order valence-electron chi connectivity index (χ1n) is 4.76. The van der Waals surface area contributed by atoms with E-state index in [1.54, 1.807) is 0 Å². The first-order chi connectivity index (χ1) is 5.42. The van der Waals surface area contributed by atoms with Crippen molar-refractivity contribution in [3.63, 3.8) is 0 Å². The Labute approximate surface area is 68.0 Å². The third-order valence-electron chi connectivity index (χ3n) is 3.32. The van der Waals surface area contributed by atoms with Crippen LogP contribution in [0.25, 0.3) is 0 Å². The van der Waals surface area contributed by atoms with Gasteiger partial charge in [0.25, 0.3) is 0 Å². The summed E-state index contributed by atoms with van der Waals surface area (Å²) < 4.78 is 0. The van der Waals surface area contributed by atoms with Crippen LogP contribution in [0.4, 0.5) is 0 Å². The van der Waals surface area contributed by atoms with Gasteiger partial charge in [-0.1, -0.05) is 12.8 Å². The van der Waals surface area contributed by atoms with Gasteiger partial charge in [0.2, 0.25) is 0 Å². The van der Waals surface area contributed by atoms with Crippen molar-refractivity contribution in [1.82, 2.24) is 5.32 Å². The maximum atomic E-state index is 9.04. The highest BCUT2D eigenvalue weighted by Crippen LogP contribution is 2.35. The van der Waals surface area contributed by atoms with Crippen molar-refractivity contribution >= 4 is 0 Å². The SMILES string of the molecule is OCC1NCC2CCCCC21. The standard InChI is InChI=1S/C9H17NO/c11-6-9-8-4-2-1-3-7(8)5-10-9/h7-11H,1-6H2. The van der Waals surface area contributed by atoms with Crippen molar-refractivity contribution in [1.29, 1.82) is 0 Å². The van der Waals surface area contributed by atoms with Gasteiger partial charge in [0.15, 0.2) is 0 Å². The van der Waals surface area contributed by atoms with Gasteiger partial charge in [0.1, 0.15) is 0 Å². The zero-order chi connectivity index (χ0) is 7.68. The molecule has 1 saturated carbocycles. The Kier molecular flexibility index (Phi) is 2.14. The normalized spacial score (nSPS) is 43.9. The molecule has 3 unspecified atom stereocenters. The van der Waals surface area contributed by atoms with Gasteiger partial charge in [-0.3, -0.25) is 0 Å². The maximum absolute atomic E-state index is 9.04. The lowest BCUT2D eigenvalue weighted by atomic mass is 9.79. The fourth-order valence-corrected chi connectivity index (χ4v) is 2.67. The average Bonchev–Trinajstić information content (AvgIpc) is 2.47. The van der Waals surface area contributed by atoms with Crippen LogP contribution in [0.5, 0.6) is 0 Å². The summed E-state index contributed by atoms with van der Waals surface area (Å²) in [7, 11) is 0. The summed E-state index contributed by atoms with van der Waals surface area (Å²) in [6, 6.07) is 0.417. The summed E-state index contributed by atoms with van der Waals surface area (Å²) in [5, 5.41) is 12.4. The van der Waals surface area contributed by atoms with E-state index >= 15 is 0 Å². The Morgan fingerprint density at radius 1 is 1.27 bits per heavy atom. The molecular weight excluding hydrogens is 138 g/mol. The van der Waals surface area contributed by atoms with Crippen LogP contribution in [0.15, 0.2) is 0 Å². The molecule has 1 aliphatic heterocycles. The molecule has 0 aromatic rings. The molecule has 2 aliphatic rings. The maximum Gasteiger partial charge on any atom is 0.0587 e. The van der Waals surface area contributed by atoms with Gasteiger partial charge in [-0.05, 0) is 31.2 Å². The van der Waals surface area contributed by atoms with Gasteiger partial charge in [0, 0.05) is 6.04 Å². The van der Waals surface area contributed by atoms with Crippen LogP contribution in [0.1, 0.15) is 25.7 Å². The molecule has 2 N–H and O–H groups in total. The molecule has 2 rings (SSSR count). The fourth-order valence-electron chi connectivity index (χ4n) is 2.67. The summed E-state index contributed by atoms with van der Waals surface area (Å²) in [4.78, 5) is 0. The number of aliphatic hydroxyl groups is 1. The summed E-state index contributed by atoms with van der Waals surface area (Å²) in [6.07, 6.45) is 5.50. The van der Waals surface area contributed by atoms with E-state index in [1.807, 2.05) is 0 Å². The molecule has 2 fully saturated rings. The van der Waals surface area contributed by atoms with Crippen molar-refractivity contribution in [2.45, 2.75) is 31.7 Å². The Bertz CT molecular complexity index is 132. The van der Waals surface area contributed by atoms with Crippen LogP contribution in [-0.4, -0.2) is 24.3 Å². The number of rotatable bonds is 1. The first kappa shape index (κ1) is 7.56. The number of hydrogen-bond donors (Lipinski definition) is 2. The Hall–Kier alpha value is -0.0800. The van der Waals surface area contributed by atoms with Crippen LogP contribution in [0.2, 0.25) is 0 Å². The zero-order valence-corrected chi connectivity index (χ0v) is 6.92. The minimum atomic E-state index is 0.334. The van der Waals surface area contributed by atoms with E-state index in [-0.39, 0.29) is 0 Å². The Morgan fingerprint density at radius 2 is 2.09 bits per heavy atom. The number of hydrogen-bond acceptors (Lipinski definition) is 2. The van der Waals surface area contributed by atoms with Crippen LogP contribution < -0.4 is 5.32 Å². The fraction of sp³-hybridized carbons (Fsp3) is 1.00. The quantitative estimate of drug-likeness (QED) is 0.586. The highest BCUT2D eigenvalue weighted by molar-refractivity contribution is 4.91. The predicted octanol–water partition coefficient (Wildman–Crippen LogP) is 0.757. The smallest absolute Gasteiger partial charge is 0.0587 e. The molecule has 0 radical (unpaired) electrons. The van der Waals surface area contributed by atoms with Gasteiger partial charge in [-0.15, -0.1) is 0 Å². The third kappa shape index (κ3) is 1.30. The molecule has 0 aromatic carbocycles. The van der Waals surface area contributed by atoms with Crippen LogP contribution in [-0.2, 0) is 0 Å². The molecule has 0 spiro atoms. The van der Waals surface area contributed by atoms with Crippen molar-refractivity contribution in [3.8, 4) is 0 Å². The summed E-state index contributed by atoms with van der Waals surface area (Å²) in [5.41, 5.74) is 0. The summed E-state index contributed by atoms with van der Waals surface area (Å²) in [6.45, 7) is 1.48. The molecule has 1 saturated heterocycles. The average molecular weight is 155 g/mol. The molecule has 2 heteroatoms. The minimum absolute atomic E-state index is 0.334. The molecule has 2 nitrogen and oxygen atoms in total. The molecular formula is C9H17NO. The largest absolute Gasteiger partial charge is 0.395 e. The van der Waals surface area contributed by atoms with Gasteiger partial charge in [-0.25, -0.2) is 0 Å². The number of nitrogens with one attached hydrogen (secondary N) is 1. The highest BCUT2D eigenvalue weighted by atomic mass is 16.3. The molecule has 0 amide bonds. The van der Waals surface area contributed by atoms with Gasteiger partial charge in [0.05, 0.1) is 6.61 Å². The lowest BCUT2D eigenvalue weighted by Gasteiger charge is -2.27. The van der Waals surface area contributed by atoms with Gasteiger partial charge in [-0.2, -0.15) is 0 Å². The molecule has 1 heterocycles. The van der Waals surface area contributed by atoms with Crippen molar-refractivity contribution in [2.24, 2.45) is 11.8 Å². The molecule has 11 heavy (non-hydrogen) atoms. The number of aliphatic hydroxyl groups excluding tert-OH is 1. The number of fused-ring (bicyclic) bond motifs is 1. The first-order valence-corrected chi connectivity index (χ1v) is 4.76. The van der Waals surface area contributed by atoms with Gasteiger partial charge < -0.3 is 10.4 Å². The van der Waals surface area contributed by atoms with Crippen molar-refractivity contribution in [2.75, 3.05) is 13.2 Å². The molecule has 0 bridgehead atoms. The highest BCUT2D eigenvalue weighted by Gasteiger charge is 2.36. The van der Waals surface area contributed by atoms with Crippen molar-refractivity contribution in [3.05, 3.63) is 0 Å².